The predicted octanol–water partition coefficient (Wildman–Crippen LogP) is 2.81. The monoisotopic (exact) mass is 328 g/mol. The van der Waals surface area contributed by atoms with Gasteiger partial charge in [0.1, 0.15) is 0 Å². The zero-order valence-corrected chi connectivity index (χ0v) is 13.3. The van der Waals surface area contributed by atoms with Gasteiger partial charge in [0.25, 0.3) is 11.6 Å². The van der Waals surface area contributed by atoms with E-state index in [1.54, 1.807) is 29.2 Å². The molecular weight excluding hydrogens is 312 g/mol. The molecule has 2 aromatic rings. The zero-order valence-electron chi connectivity index (χ0n) is 13.3. The van der Waals surface area contributed by atoms with Crippen molar-refractivity contribution in [2.24, 2.45) is 0 Å². The molecule has 7 nitrogen and oxygen atoms in total. The van der Waals surface area contributed by atoms with Crippen molar-refractivity contribution < 1.29 is 19.2 Å². The van der Waals surface area contributed by atoms with Gasteiger partial charge in [-0.05, 0) is 30.2 Å². The van der Waals surface area contributed by atoms with E-state index in [4.69, 9.17) is 9.47 Å². The molecular formula is C17H16N2O5. The van der Waals surface area contributed by atoms with Crippen molar-refractivity contribution in [3.8, 4) is 11.5 Å². The fourth-order valence-corrected chi connectivity index (χ4v) is 2.82. The minimum atomic E-state index is -0.461. The van der Waals surface area contributed by atoms with Gasteiger partial charge < -0.3 is 14.4 Å². The lowest BCUT2D eigenvalue weighted by molar-refractivity contribution is -0.384. The van der Waals surface area contributed by atoms with Crippen LogP contribution in [0.4, 0.5) is 11.4 Å². The Kier molecular flexibility index (Phi) is 4.07. The Morgan fingerprint density at radius 1 is 1.12 bits per heavy atom. The Bertz CT molecular complexity index is 819. The van der Waals surface area contributed by atoms with Crippen molar-refractivity contribution in [2.75, 3.05) is 25.7 Å². The van der Waals surface area contributed by atoms with Crippen LogP contribution in [0.5, 0.6) is 11.5 Å². The van der Waals surface area contributed by atoms with Gasteiger partial charge in [-0.25, -0.2) is 0 Å². The molecule has 0 aromatic heterocycles. The van der Waals surface area contributed by atoms with E-state index in [2.05, 4.69) is 0 Å². The quantitative estimate of drug-likeness (QED) is 0.637. The van der Waals surface area contributed by atoms with Crippen LogP contribution in [0, 0.1) is 10.1 Å². The molecule has 1 aliphatic rings. The molecule has 2 aromatic carbocycles. The molecule has 7 heteroatoms. The molecule has 0 radical (unpaired) electrons. The standard InChI is InChI=1S/C17H16N2O5/c1-23-15-6-4-12(9-16(15)24-2)17(20)18-8-7-11-3-5-13(19(21)22)10-14(11)18/h3-6,9-10H,7-8H2,1-2H3. The number of rotatable bonds is 4. The average molecular weight is 328 g/mol. The zero-order chi connectivity index (χ0) is 17.3. The molecule has 1 aliphatic heterocycles. The van der Waals surface area contributed by atoms with Crippen LogP contribution >= 0.6 is 0 Å². The number of carbonyl (C=O) groups excluding carboxylic acids is 1. The topological polar surface area (TPSA) is 81.9 Å². The van der Waals surface area contributed by atoms with E-state index in [-0.39, 0.29) is 11.6 Å². The van der Waals surface area contributed by atoms with Crippen LogP contribution in [-0.2, 0) is 6.42 Å². The molecule has 1 heterocycles. The maximum absolute atomic E-state index is 12.8. The average Bonchev–Trinajstić information content (AvgIpc) is 3.03. The van der Waals surface area contributed by atoms with Crippen LogP contribution in [0.25, 0.3) is 0 Å². The summed E-state index contributed by atoms with van der Waals surface area (Å²) in [5, 5.41) is 11.0. The van der Waals surface area contributed by atoms with E-state index in [0.717, 1.165) is 5.56 Å². The Hall–Kier alpha value is -3.09. The predicted molar refractivity (Wildman–Crippen MR) is 88.0 cm³/mol. The van der Waals surface area contributed by atoms with Crippen molar-refractivity contribution in [1.82, 2.24) is 0 Å². The number of benzene rings is 2. The summed E-state index contributed by atoms with van der Waals surface area (Å²) in [7, 11) is 3.02. The molecule has 0 unspecified atom stereocenters. The first-order chi connectivity index (χ1) is 11.5. The van der Waals surface area contributed by atoms with Crippen LogP contribution < -0.4 is 14.4 Å². The summed E-state index contributed by atoms with van der Waals surface area (Å²) in [5.41, 5.74) is 1.92. The van der Waals surface area contributed by atoms with Gasteiger partial charge in [-0.1, -0.05) is 6.07 Å². The van der Waals surface area contributed by atoms with Crippen molar-refractivity contribution in [3.05, 3.63) is 57.6 Å². The Morgan fingerprint density at radius 3 is 2.54 bits per heavy atom. The number of hydrogen-bond donors (Lipinski definition) is 0. The summed E-state index contributed by atoms with van der Waals surface area (Å²) in [6.45, 7) is 0.490. The highest BCUT2D eigenvalue weighted by Crippen LogP contribution is 2.34. The molecule has 0 N–H and O–H groups in total. The number of nitro benzene ring substituents is 1. The fraction of sp³-hybridized carbons (Fsp3) is 0.235. The summed E-state index contributed by atoms with van der Waals surface area (Å²) < 4.78 is 10.4. The molecule has 0 saturated carbocycles. The second-order valence-corrected chi connectivity index (χ2v) is 5.35. The third kappa shape index (κ3) is 2.64. The number of nitrogens with zero attached hydrogens (tertiary/aromatic N) is 2. The molecule has 0 bridgehead atoms. The van der Waals surface area contributed by atoms with E-state index in [9.17, 15) is 14.9 Å². The summed E-state index contributed by atoms with van der Waals surface area (Å²) in [4.78, 5) is 24.9. The number of carbonyl (C=O) groups is 1. The lowest BCUT2D eigenvalue weighted by Gasteiger charge is -2.18. The van der Waals surface area contributed by atoms with Crippen molar-refractivity contribution in [1.29, 1.82) is 0 Å². The summed E-state index contributed by atoms with van der Waals surface area (Å²) in [6.07, 6.45) is 0.673. The van der Waals surface area contributed by atoms with Crippen LogP contribution in [0.3, 0.4) is 0 Å². The maximum atomic E-state index is 12.8. The molecule has 0 fully saturated rings. The normalized spacial score (nSPS) is 12.7. The SMILES string of the molecule is COc1ccc(C(=O)N2CCc3ccc([N+](=O)[O-])cc32)cc1OC. The second-order valence-electron chi connectivity index (χ2n) is 5.35. The summed E-state index contributed by atoms with van der Waals surface area (Å²) in [6, 6.07) is 9.53. The molecule has 1 amide bonds. The minimum Gasteiger partial charge on any atom is -0.493 e. The van der Waals surface area contributed by atoms with Gasteiger partial charge in [0, 0.05) is 24.2 Å². The first kappa shape index (κ1) is 15.8. The van der Waals surface area contributed by atoms with Gasteiger partial charge in [0.05, 0.1) is 24.8 Å². The van der Waals surface area contributed by atoms with Gasteiger partial charge in [-0.2, -0.15) is 0 Å². The van der Waals surface area contributed by atoms with Gasteiger partial charge in [0.2, 0.25) is 0 Å². The highest BCUT2D eigenvalue weighted by molar-refractivity contribution is 6.07. The van der Waals surface area contributed by atoms with E-state index < -0.39 is 4.92 Å². The first-order valence-electron chi connectivity index (χ1n) is 7.36. The Balaban J connectivity index is 1.96. The number of methoxy groups -OCH3 is 2. The van der Waals surface area contributed by atoms with Gasteiger partial charge in [0.15, 0.2) is 11.5 Å². The molecule has 0 spiro atoms. The van der Waals surface area contributed by atoms with Crippen LogP contribution in [0.15, 0.2) is 36.4 Å². The molecule has 124 valence electrons. The third-order valence-corrected chi connectivity index (χ3v) is 4.05. The smallest absolute Gasteiger partial charge is 0.271 e. The maximum Gasteiger partial charge on any atom is 0.271 e. The van der Waals surface area contributed by atoms with E-state index in [0.29, 0.717) is 35.7 Å². The van der Waals surface area contributed by atoms with Gasteiger partial charge in [-0.3, -0.25) is 14.9 Å². The fourth-order valence-electron chi connectivity index (χ4n) is 2.82. The summed E-state index contributed by atoms with van der Waals surface area (Å²) in [5.74, 6) is 0.767. The third-order valence-electron chi connectivity index (χ3n) is 4.05. The van der Waals surface area contributed by atoms with E-state index in [1.165, 1.54) is 26.4 Å². The summed E-state index contributed by atoms with van der Waals surface area (Å²) >= 11 is 0. The number of amides is 1. The highest BCUT2D eigenvalue weighted by atomic mass is 16.6. The van der Waals surface area contributed by atoms with Crippen LogP contribution in [0.1, 0.15) is 15.9 Å². The van der Waals surface area contributed by atoms with Crippen molar-refractivity contribution in [2.45, 2.75) is 6.42 Å². The Labute approximate surface area is 138 Å². The number of fused-ring (bicyclic) bond motifs is 1. The van der Waals surface area contributed by atoms with Gasteiger partial charge >= 0.3 is 0 Å². The van der Waals surface area contributed by atoms with E-state index >= 15 is 0 Å². The number of nitro groups is 1. The number of anilines is 1. The lowest BCUT2D eigenvalue weighted by atomic mass is 10.1. The Morgan fingerprint density at radius 2 is 1.88 bits per heavy atom. The molecule has 0 aliphatic carbocycles. The van der Waals surface area contributed by atoms with Gasteiger partial charge in [-0.15, -0.1) is 0 Å². The lowest BCUT2D eigenvalue weighted by Crippen LogP contribution is -2.28. The molecule has 3 rings (SSSR count). The van der Waals surface area contributed by atoms with Crippen LogP contribution in [-0.4, -0.2) is 31.6 Å². The molecule has 0 saturated heterocycles. The highest BCUT2D eigenvalue weighted by Gasteiger charge is 2.28. The van der Waals surface area contributed by atoms with Crippen molar-refractivity contribution in [3.63, 3.8) is 0 Å². The van der Waals surface area contributed by atoms with E-state index in [1.807, 2.05) is 0 Å². The molecule has 0 atom stereocenters. The largest absolute Gasteiger partial charge is 0.493 e. The number of ether oxygens (including phenoxy) is 2. The second kappa shape index (κ2) is 6.19. The molecule has 24 heavy (non-hydrogen) atoms. The number of hydrogen-bond acceptors (Lipinski definition) is 5. The minimum absolute atomic E-state index is 0.0271. The first-order valence-corrected chi connectivity index (χ1v) is 7.36. The van der Waals surface area contributed by atoms with Crippen LogP contribution in [0.2, 0.25) is 0 Å². The van der Waals surface area contributed by atoms with Crippen molar-refractivity contribution >= 4 is 17.3 Å². The number of non-ortho nitro benzene ring substituents is 1.